The molecule has 8 nitrogen and oxygen atoms in total. The molecule has 0 bridgehead atoms. The van der Waals surface area contributed by atoms with Crippen LogP contribution in [0.5, 0.6) is 0 Å². The first-order chi connectivity index (χ1) is 13.4. The van der Waals surface area contributed by atoms with E-state index in [1.165, 1.54) is 6.07 Å². The zero-order valence-electron chi connectivity index (χ0n) is 16.2. The first-order valence-electron chi connectivity index (χ1n) is 9.00. The minimum Gasteiger partial charge on any atom is -0.385 e. The maximum Gasteiger partial charge on any atom is 0.225 e. The van der Waals surface area contributed by atoms with E-state index >= 15 is 0 Å². The average Bonchev–Trinajstić information content (AvgIpc) is 2.66. The number of pyridine rings is 1. The third-order valence-electron chi connectivity index (χ3n) is 4.56. The number of ether oxygens (including phenoxy) is 1. The van der Waals surface area contributed by atoms with E-state index in [0.717, 1.165) is 17.4 Å². The van der Waals surface area contributed by atoms with Crippen LogP contribution in [0.2, 0.25) is 0 Å². The van der Waals surface area contributed by atoms with Gasteiger partial charge in [0.2, 0.25) is 11.9 Å². The van der Waals surface area contributed by atoms with Crippen LogP contribution in [0.15, 0.2) is 18.2 Å². The van der Waals surface area contributed by atoms with E-state index in [0.29, 0.717) is 35.9 Å². The molecule has 1 unspecified atom stereocenters. The molecule has 0 saturated heterocycles. The number of fused-ring (bicyclic) bond motifs is 1. The number of benzene rings is 1. The van der Waals surface area contributed by atoms with Crippen LogP contribution in [0.25, 0.3) is 10.9 Å². The summed E-state index contributed by atoms with van der Waals surface area (Å²) in [6, 6.07) is 5.12. The number of anilines is 3. The Morgan fingerprint density at radius 3 is 2.54 bits per heavy atom. The highest BCUT2D eigenvalue weighted by Gasteiger charge is 2.20. The van der Waals surface area contributed by atoms with Crippen LogP contribution in [0.4, 0.5) is 22.1 Å². The number of nitrogens with two attached hydrogens (primary N) is 2. The molecule has 0 amide bonds. The summed E-state index contributed by atoms with van der Waals surface area (Å²) in [5.41, 5.74) is 13.4. The van der Waals surface area contributed by atoms with Gasteiger partial charge in [-0.05, 0) is 31.5 Å². The van der Waals surface area contributed by atoms with E-state index in [1.807, 2.05) is 13.0 Å². The smallest absolute Gasteiger partial charge is 0.225 e. The zero-order valence-corrected chi connectivity index (χ0v) is 16.2. The first kappa shape index (κ1) is 19.7. The van der Waals surface area contributed by atoms with E-state index < -0.39 is 0 Å². The summed E-state index contributed by atoms with van der Waals surface area (Å²) >= 11 is 0. The molecule has 2 aromatic heterocycles. The Labute approximate surface area is 162 Å². The van der Waals surface area contributed by atoms with Gasteiger partial charge in [0.1, 0.15) is 17.5 Å². The van der Waals surface area contributed by atoms with E-state index in [-0.39, 0.29) is 23.6 Å². The maximum absolute atomic E-state index is 14.0. The van der Waals surface area contributed by atoms with E-state index in [4.69, 9.17) is 21.2 Å². The molecular formula is C19H24FN7O. The number of aryl methyl sites for hydroxylation is 1. The second-order valence-electron chi connectivity index (χ2n) is 6.58. The fourth-order valence-electron chi connectivity index (χ4n) is 3.03. The predicted molar refractivity (Wildman–Crippen MR) is 108 cm³/mol. The molecule has 0 fully saturated rings. The van der Waals surface area contributed by atoms with Crippen LogP contribution in [0, 0.1) is 12.7 Å². The van der Waals surface area contributed by atoms with Crippen molar-refractivity contribution >= 4 is 28.6 Å². The quantitative estimate of drug-likeness (QED) is 0.530. The lowest BCUT2D eigenvalue weighted by Crippen LogP contribution is -2.14. The van der Waals surface area contributed by atoms with Gasteiger partial charge in [-0.25, -0.2) is 9.37 Å². The predicted octanol–water partition coefficient (Wildman–Crippen LogP) is 2.63. The number of nitrogens with zero attached hydrogens (tertiary/aromatic N) is 4. The Balaban J connectivity index is 2.08. The fourth-order valence-corrected chi connectivity index (χ4v) is 3.03. The van der Waals surface area contributed by atoms with Gasteiger partial charge in [0.15, 0.2) is 0 Å². The lowest BCUT2D eigenvalue weighted by atomic mass is 9.98. The molecule has 0 aliphatic carbocycles. The summed E-state index contributed by atoms with van der Waals surface area (Å²) in [6.45, 7) is 4.94. The highest BCUT2D eigenvalue weighted by Crippen LogP contribution is 2.32. The van der Waals surface area contributed by atoms with Gasteiger partial charge in [0.05, 0.1) is 5.52 Å². The van der Waals surface area contributed by atoms with Crippen molar-refractivity contribution in [2.24, 2.45) is 0 Å². The van der Waals surface area contributed by atoms with Crippen molar-refractivity contribution < 1.29 is 9.13 Å². The van der Waals surface area contributed by atoms with Crippen molar-refractivity contribution in [2.45, 2.75) is 26.2 Å². The van der Waals surface area contributed by atoms with Crippen molar-refractivity contribution in [2.75, 3.05) is 37.0 Å². The zero-order chi connectivity index (χ0) is 20.3. The maximum atomic E-state index is 14.0. The molecule has 2 heterocycles. The van der Waals surface area contributed by atoms with Gasteiger partial charge in [-0.3, -0.25) is 0 Å². The summed E-state index contributed by atoms with van der Waals surface area (Å²) in [5.74, 6) is 0.683. The second-order valence-corrected chi connectivity index (χ2v) is 6.58. The van der Waals surface area contributed by atoms with Crippen LogP contribution in [-0.2, 0) is 4.74 Å². The lowest BCUT2D eigenvalue weighted by molar-refractivity contribution is 0.197. The minimum absolute atomic E-state index is 0.0654. The van der Waals surface area contributed by atoms with Crippen LogP contribution < -0.4 is 16.8 Å². The molecular weight excluding hydrogens is 361 g/mol. The SMILES string of the molecule is COCCCNc1nc2c(C)c(F)ccc2cc1C(C)c1nc(N)nc(N)n1. The van der Waals surface area contributed by atoms with E-state index in [9.17, 15) is 4.39 Å². The average molecular weight is 385 g/mol. The van der Waals surface area contributed by atoms with Crippen LogP contribution >= 0.6 is 0 Å². The van der Waals surface area contributed by atoms with Crippen molar-refractivity contribution in [3.8, 4) is 0 Å². The van der Waals surface area contributed by atoms with Crippen LogP contribution in [0.1, 0.15) is 36.2 Å². The molecule has 9 heteroatoms. The van der Waals surface area contributed by atoms with Crippen molar-refractivity contribution in [1.82, 2.24) is 19.9 Å². The Bertz CT molecular complexity index is 975. The third kappa shape index (κ3) is 4.09. The Morgan fingerprint density at radius 1 is 1.14 bits per heavy atom. The van der Waals surface area contributed by atoms with Gasteiger partial charge < -0.3 is 21.5 Å². The molecule has 5 N–H and O–H groups in total. The lowest BCUT2D eigenvalue weighted by Gasteiger charge is -2.18. The minimum atomic E-state index is -0.288. The molecule has 0 radical (unpaired) electrons. The van der Waals surface area contributed by atoms with E-state index in [1.54, 1.807) is 20.1 Å². The highest BCUT2D eigenvalue weighted by molar-refractivity contribution is 5.85. The molecule has 148 valence electrons. The fraction of sp³-hybridized carbons (Fsp3) is 0.368. The summed E-state index contributed by atoms with van der Waals surface area (Å²) in [5, 5.41) is 4.15. The first-order valence-corrected chi connectivity index (χ1v) is 9.00. The topological polar surface area (TPSA) is 125 Å². The van der Waals surface area contributed by atoms with Gasteiger partial charge in [0, 0.05) is 42.7 Å². The standard InChI is InChI=1S/C19H24FN7O/c1-10(16-25-18(21)27-19(22)26-16)13-9-12-5-6-14(20)11(2)15(12)24-17(13)23-7-4-8-28-3/h5-6,9-10H,4,7-8H2,1-3H3,(H,23,24)(H4,21,22,25,26,27). The summed E-state index contributed by atoms with van der Waals surface area (Å²) in [7, 11) is 1.66. The molecule has 3 rings (SSSR count). The van der Waals surface area contributed by atoms with Gasteiger partial charge in [-0.2, -0.15) is 15.0 Å². The number of halogens is 1. The molecule has 0 aliphatic heterocycles. The largest absolute Gasteiger partial charge is 0.385 e. The number of aromatic nitrogens is 4. The number of methoxy groups -OCH3 is 1. The third-order valence-corrected chi connectivity index (χ3v) is 4.56. The number of hydrogen-bond acceptors (Lipinski definition) is 8. The summed E-state index contributed by atoms with van der Waals surface area (Å²) in [4.78, 5) is 16.9. The highest BCUT2D eigenvalue weighted by atomic mass is 19.1. The molecule has 3 aromatic rings. The van der Waals surface area contributed by atoms with Gasteiger partial charge in [0.25, 0.3) is 0 Å². The van der Waals surface area contributed by atoms with Crippen molar-refractivity contribution in [3.63, 3.8) is 0 Å². The summed E-state index contributed by atoms with van der Waals surface area (Å²) < 4.78 is 19.1. The number of hydrogen-bond donors (Lipinski definition) is 3. The van der Waals surface area contributed by atoms with Gasteiger partial charge in [-0.1, -0.05) is 6.92 Å². The Hall–Kier alpha value is -3.07. The Morgan fingerprint density at radius 2 is 1.86 bits per heavy atom. The Kier molecular flexibility index (Phi) is 5.84. The molecule has 0 aliphatic rings. The molecule has 1 atom stereocenters. The molecule has 1 aromatic carbocycles. The number of nitrogens with one attached hydrogen (secondary N) is 1. The van der Waals surface area contributed by atoms with E-state index in [2.05, 4.69) is 20.3 Å². The molecule has 0 saturated carbocycles. The van der Waals surface area contributed by atoms with Crippen LogP contribution in [0.3, 0.4) is 0 Å². The van der Waals surface area contributed by atoms with Crippen molar-refractivity contribution in [3.05, 3.63) is 41.0 Å². The summed E-state index contributed by atoms with van der Waals surface area (Å²) in [6.07, 6.45) is 0.803. The number of rotatable bonds is 7. The van der Waals surface area contributed by atoms with Crippen LogP contribution in [-0.4, -0.2) is 40.2 Å². The molecule has 28 heavy (non-hydrogen) atoms. The monoisotopic (exact) mass is 385 g/mol. The number of nitrogen functional groups attached to an aromatic ring is 2. The molecule has 0 spiro atoms. The van der Waals surface area contributed by atoms with Crippen molar-refractivity contribution in [1.29, 1.82) is 0 Å². The second kappa shape index (κ2) is 8.30. The normalized spacial score (nSPS) is 12.3. The van der Waals surface area contributed by atoms with Gasteiger partial charge in [-0.15, -0.1) is 0 Å². The van der Waals surface area contributed by atoms with Gasteiger partial charge >= 0.3 is 0 Å².